The molecule has 0 aliphatic rings. The third-order valence-corrected chi connectivity index (χ3v) is 5.50. The van der Waals surface area contributed by atoms with Crippen LogP contribution in [0.5, 0.6) is 0 Å². The number of aromatic nitrogens is 2. The van der Waals surface area contributed by atoms with Crippen molar-refractivity contribution >= 4 is 27.3 Å². The van der Waals surface area contributed by atoms with Crippen molar-refractivity contribution in [3.63, 3.8) is 0 Å². The fourth-order valence-electron chi connectivity index (χ4n) is 3.00. The monoisotopic (exact) mass is 353 g/mol. The molecule has 0 unspecified atom stereocenters. The van der Waals surface area contributed by atoms with Gasteiger partial charge in [-0.15, -0.1) is 11.3 Å². The molecule has 0 aliphatic heterocycles. The molecule has 0 fully saturated rings. The molecule has 5 nitrogen and oxygen atoms in total. The Kier molecular flexibility index (Phi) is 3.94. The van der Waals surface area contributed by atoms with Crippen LogP contribution in [0.25, 0.3) is 15.9 Å². The normalized spacial score (nSPS) is 13.1. The first kappa shape index (κ1) is 16.1. The number of fused-ring (bicyclic) bond motifs is 2. The third kappa shape index (κ3) is 2.88. The summed E-state index contributed by atoms with van der Waals surface area (Å²) in [7, 11) is 2.01. The number of thiazole rings is 1. The summed E-state index contributed by atoms with van der Waals surface area (Å²) >= 11 is 1.49. The van der Waals surface area contributed by atoms with Crippen LogP contribution in [0.2, 0.25) is 0 Å². The molecule has 0 saturated heterocycles. The zero-order valence-corrected chi connectivity index (χ0v) is 15.2. The first-order chi connectivity index (χ1) is 12.0. The Bertz CT molecular complexity index is 1080. The average molecular weight is 353 g/mol. The second-order valence-electron chi connectivity index (χ2n) is 6.36. The highest BCUT2D eigenvalue weighted by atomic mass is 32.1. The Morgan fingerprint density at radius 3 is 2.92 bits per heavy atom. The summed E-state index contributed by atoms with van der Waals surface area (Å²) in [6.07, 6.45) is 0. The quantitative estimate of drug-likeness (QED) is 0.556. The van der Waals surface area contributed by atoms with Gasteiger partial charge in [-0.25, -0.2) is 4.98 Å². The topological polar surface area (TPSA) is 50.8 Å². The highest BCUT2D eigenvalue weighted by Gasteiger charge is 2.18. The van der Waals surface area contributed by atoms with Crippen LogP contribution in [-0.4, -0.2) is 21.3 Å². The van der Waals surface area contributed by atoms with Gasteiger partial charge in [0, 0.05) is 29.1 Å². The number of hydrogen-bond acceptors (Lipinski definition) is 5. The van der Waals surface area contributed by atoms with Crippen molar-refractivity contribution in [1.29, 1.82) is 0 Å². The number of nitrogens with zero attached hydrogens (tertiary/aromatic N) is 3. The number of benzene rings is 1. The predicted molar refractivity (Wildman–Crippen MR) is 100 cm³/mol. The lowest BCUT2D eigenvalue weighted by Crippen LogP contribution is -2.24. The molecule has 4 rings (SSSR count). The highest BCUT2D eigenvalue weighted by Crippen LogP contribution is 2.27. The summed E-state index contributed by atoms with van der Waals surface area (Å²) in [5.41, 5.74) is 2.57. The molecule has 128 valence electrons. The summed E-state index contributed by atoms with van der Waals surface area (Å²) in [4.78, 5) is 19.8. The summed E-state index contributed by atoms with van der Waals surface area (Å²) < 4.78 is 7.61. The van der Waals surface area contributed by atoms with Crippen molar-refractivity contribution < 1.29 is 4.42 Å². The lowest BCUT2D eigenvalue weighted by molar-refractivity contribution is 0.224. The lowest BCUT2D eigenvalue weighted by Gasteiger charge is -2.22. The van der Waals surface area contributed by atoms with E-state index in [1.165, 1.54) is 11.3 Å². The van der Waals surface area contributed by atoms with Crippen molar-refractivity contribution in [2.45, 2.75) is 26.4 Å². The molecular formula is C19H19N3O2S. The van der Waals surface area contributed by atoms with Crippen molar-refractivity contribution in [1.82, 2.24) is 14.3 Å². The fourth-order valence-corrected chi connectivity index (χ4v) is 3.89. The Morgan fingerprint density at radius 2 is 2.12 bits per heavy atom. The molecule has 4 aromatic rings. The van der Waals surface area contributed by atoms with Crippen LogP contribution < -0.4 is 5.56 Å². The third-order valence-electron chi connectivity index (χ3n) is 4.56. The van der Waals surface area contributed by atoms with E-state index >= 15 is 0 Å². The van der Waals surface area contributed by atoms with Gasteiger partial charge in [-0.2, -0.15) is 0 Å². The number of hydrogen-bond donors (Lipinski definition) is 0. The molecule has 1 atom stereocenters. The molecule has 3 heterocycles. The van der Waals surface area contributed by atoms with Gasteiger partial charge in [0.05, 0.1) is 11.7 Å². The molecule has 0 N–H and O–H groups in total. The standard InChI is InChI=1S/C19H19N3O2S/c1-12-11-25-19-20-15(9-18(23)22(12)19)10-21(3)13(2)17-8-14-6-4-5-7-16(14)24-17/h4-9,11,13H,10H2,1-3H3/t13-/m0/s1. The zero-order valence-electron chi connectivity index (χ0n) is 14.4. The maximum absolute atomic E-state index is 12.3. The molecule has 0 amide bonds. The highest BCUT2D eigenvalue weighted by molar-refractivity contribution is 7.15. The number of para-hydroxylation sites is 1. The van der Waals surface area contributed by atoms with Gasteiger partial charge >= 0.3 is 0 Å². The Labute approximate surface area is 149 Å². The van der Waals surface area contributed by atoms with E-state index in [9.17, 15) is 4.79 Å². The Morgan fingerprint density at radius 1 is 1.32 bits per heavy atom. The summed E-state index contributed by atoms with van der Waals surface area (Å²) in [6, 6.07) is 11.8. The molecule has 0 spiro atoms. The summed E-state index contributed by atoms with van der Waals surface area (Å²) in [5, 5.41) is 3.05. The van der Waals surface area contributed by atoms with E-state index in [0.717, 1.165) is 33.1 Å². The van der Waals surface area contributed by atoms with Crippen LogP contribution in [0.15, 0.2) is 51.0 Å². The van der Waals surface area contributed by atoms with Gasteiger partial charge in [0.15, 0.2) is 4.96 Å². The van der Waals surface area contributed by atoms with Crippen LogP contribution in [0.4, 0.5) is 0 Å². The van der Waals surface area contributed by atoms with E-state index in [4.69, 9.17) is 4.42 Å². The summed E-state index contributed by atoms with van der Waals surface area (Å²) in [5.74, 6) is 0.911. The minimum Gasteiger partial charge on any atom is -0.459 e. The minimum absolute atomic E-state index is 0.0245. The first-order valence-corrected chi connectivity index (χ1v) is 9.06. The molecule has 0 aliphatic carbocycles. The van der Waals surface area contributed by atoms with Gasteiger partial charge in [0.2, 0.25) is 0 Å². The molecule has 6 heteroatoms. The summed E-state index contributed by atoms with van der Waals surface area (Å²) in [6.45, 7) is 4.60. The van der Waals surface area contributed by atoms with E-state index < -0.39 is 0 Å². The molecular weight excluding hydrogens is 334 g/mol. The zero-order chi connectivity index (χ0) is 17.6. The van der Waals surface area contributed by atoms with Crippen molar-refractivity contribution in [3.8, 4) is 0 Å². The van der Waals surface area contributed by atoms with Crippen molar-refractivity contribution in [2.75, 3.05) is 7.05 Å². The predicted octanol–water partition coefficient (Wildman–Crippen LogP) is 4.00. The van der Waals surface area contributed by atoms with E-state index in [-0.39, 0.29) is 11.6 Å². The molecule has 3 aromatic heterocycles. The second kappa shape index (κ2) is 6.13. The van der Waals surface area contributed by atoms with Crippen LogP contribution in [0.3, 0.4) is 0 Å². The van der Waals surface area contributed by atoms with Crippen molar-refractivity contribution in [3.05, 3.63) is 69.3 Å². The maximum Gasteiger partial charge on any atom is 0.259 e. The van der Waals surface area contributed by atoms with Crippen LogP contribution in [-0.2, 0) is 6.54 Å². The Balaban J connectivity index is 1.60. The number of aryl methyl sites for hydroxylation is 1. The SMILES string of the molecule is Cc1csc2nc(CN(C)[C@@H](C)c3cc4ccccc4o3)cc(=O)n12. The second-order valence-corrected chi connectivity index (χ2v) is 7.20. The maximum atomic E-state index is 12.3. The number of rotatable bonds is 4. The molecule has 1 aromatic carbocycles. The van der Waals surface area contributed by atoms with E-state index in [1.807, 2.05) is 43.6 Å². The molecule has 25 heavy (non-hydrogen) atoms. The van der Waals surface area contributed by atoms with Crippen LogP contribution >= 0.6 is 11.3 Å². The van der Waals surface area contributed by atoms with E-state index in [1.54, 1.807) is 10.5 Å². The van der Waals surface area contributed by atoms with E-state index in [2.05, 4.69) is 22.9 Å². The van der Waals surface area contributed by atoms with Gasteiger partial charge in [-0.05, 0) is 33.0 Å². The molecule has 0 bridgehead atoms. The van der Waals surface area contributed by atoms with Crippen LogP contribution in [0.1, 0.15) is 30.1 Å². The van der Waals surface area contributed by atoms with Gasteiger partial charge in [0.1, 0.15) is 11.3 Å². The number of furan rings is 1. The van der Waals surface area contributed by atoms with E-state index in [0.29, 0.717) is 6.54 Å². The van der Waals surface area contributed by atoms with Gasteiger partial charge in [-0.3, -0.25) is 14.1 Å². The van der Waals surface area contributed by atoms with Crippen molar-refractivity contribution in [2.24, 2.45) is 0 Å². The largest absolute Gasteiger partial charge is 0.459 e. The molecule has 0 saturated carbocycles. The minimum atomic E-state index is -0.0245. The van der Waals surface area contributed by atoms with Crippen LogP contribution in [0, 0.1) is 6.92 Å². The fraction of sp³-hybridized carbons (Fsp3) is 0.263. The lowest BCUT2D eigenvalue weighted by atomic mass is 10.2. The first-order valence-electron chi connectivity index (χ1n) is 8.18. The van der Waals surface area contributed by atoms with Gasteiger partial charge in [-0.1, -0.05) is 18.2 Å². The average Bonchev–Trinajstić information content (AvgIpc) is 3.18. The van der Waals surface area contributed by atoms with Gasteiger partial charge < -0.3 is 4.42 Å². The van der Waals surface area contributed by atoms with Gasteiger partial charge in [0.25, 0.3) is 5.56 Å². The Hall–Kier alpha value is -2.44. The molecule has 0 radical (unpaired) electrons. The smallest absolute Gasteiger partial charge is 0.259 e.